The van der Waals surface area contributed by atoms with Gasteiger partial charge in [-0.1, -0.05) is 39.0 Å². The summed E-state index contributed by atoms with van der Waals surface area (Å²) in [7, 11) is 0. The molecule has 0 bridgehead atoms. The molecule has 0 aliphatic carbocycles. The predicted octanol–water partition coefficient (Wildman–Crippen LogP) is 4.12. The largest absolute Gasteiger partial charge is 0.481 e. The van der Waals surface area contributed by atoms with Crippen LogP contribution in [0.2, 0.25) is 0 Å². The molecule has 0 spiro atoms. The van der Waals surface area contributed by atoms with Crippen molar-refractivity contribution < 1.29 is 38.9 Å². The average molecular weight is 550 g/mol. The van der Waals surface area contributed by atoms with Crippen LogP contribution in [0.25, 0.3) is 0 Å². The fourth-order valence-electron chi connectivity index (χ4n) is 4.50. The number of hydrogen-bond donors (Lipinski definition) is 3. The van der Waals surface area contributed by atoms with Crippen LogP contribution in [0.3, 0.4) is 0 Å². The number of carbonyl (C=O) groups excluding carboxylic acids is 3. The van der Waals surface area contributed by atoms with Gasteiger partial charge in [0.2, 0.25) is 5.91 Å². The summed E-state index contributed by atoms with van der Waals surface area (Å²) in [6.45, 7) is 12.6. The molecule has 1 aromatic rings. The van der Waals surface area contributed by atoms with Crippen molar-refractivity contribution in [2.45, 2.75) is 92.0 Å². The lowest BCUT2D eigenvalue weighted by molar-refractivity contribution is -0.142. The van der Waals surface area contributed by atoms with Gasteiger partial charge in [0.1, 0.15) is 12.3 Å². The maximum Gasteiger partial charge on any atom is 0.411 e. The molecule has 1 aromatic carbocycles. The Morgan fingerprint density at radius 3 is 2.33 bits per heavy atom. The number of aliphatic carboxylic acids is 1. The second-order valence-electron chi connectivity index (χ2n) is 11.8. The highest BCUT2D eigenvalue weighted by Crippen LogP contribution is 2.34. The van der Waals surface area contributed by atoms with Crippen molar-refractivity contribution in [2.75, 3.05) is 18.2 Å². The van der Waals surface area contributed by atoms with Crippen LogP contribution in [0.4, 0.5) is 15.3 Å². The lowest BCUT2D eigenvalue weighted by Gasteiger charge is -2.39. The van der Waals surface area contributed by atoms with Crippen LogP contribution in [0.15, 0.2) is 24.3 Å². The first-order valence-electron chi connectivity index (χ1n) is 13.2. The zero-order valence-corrected chi connectivity index (χ0v) is 24.0. The molecule has 3 N–H and O–H groups in total. The molecule has 0 radical (unpaired) electrons. The summed E-state index contributed by atoms with van der Waals surface area (Å²) in [5.41, 5.74) is 0.0140. The molecule has 2 rings (SSSR count). The molecule has 1 aliphatic heterocycles. The molecular weight excluding hydrogens is 506 g/mol. The molecule has 3 amide bonds. The Morgan fingerprint density at radius 1 is 1.10 bits per heavy atom. The molecule has 1 heterocycles. The molecule has 39 heavy (non-hydrogen) atoms. The average Bonchev–Trinajstić information content (AvgIpc) is 2.81. The van der Waals surface area contributed by atoms with Crippen molar-refractivity contribution in [3.05, 3.63) is 29.8 Å². The number of nitrogens with zero attached hydrogens (tertiary/aromatic N) is 2. The molecule has 11 heteroatoms. The zero-order valence-electron chi connectivity index (χ0n) is 24.0. The highest BCUT2D eigenvalue weighted by atomic mass is 16.6. The van der Waals surface area contributed by atoms with Crippen LogP contribution >= 0.6 is 0 Å². The molecule has 0 fully saturated rings. The van der Waals surface area contributed by atoms with Crippen molar-refractivity contribution in [1.29, 1.82) is 0 Å². The van der Waals surface area contributed by atoms with E-state index in [2.05, 4.69) is 5.32 Å². The van der Waals surface area contributed by atoms with Crippen LogP contribution in [-0.4, -0.2) is 70.2 Å². The van der Waals surface area contributed by atoms with Gasteiger partial charge in [0, 0.05) is 6.42 Å². The Labute approximate surface area is 230 Å². The van der Waals surface area contributed by atoms with E-state index >= 15 is 0 Å². The third-order valence-corrected chi connectivity index (χ3v) is 6.37. The van der Waals surface area contributed by atoms with E-state index in [1.54, 1.807) is 27.7 Å². The number of hydrogen-bond acceptors (Lipinski definition) is 7. The topological polar surface area (TPSA) is 146 Å². The lowest BCUT2D eigenvalue weighted by atomic mass is 9.79. The smallest absolute Gasteiger partial charge is 0.411 e. The summed E-state index contributed by atoms with van der Waals surface area (Å²) in [4.78, 5) is 53.0. The quantitative estimate of drug-likeness (QED) is 0.395. The normalized spacial score (nSPS) is 16.0. The third kappa shape index (κ3) is 9.72. The van der Waals surface area contributed by atoms with Gasteiger partial charge in [-0.25, -0.2) is 9.59 Å². The van der Waals surface area contributed by atoms with Gasteiger partial charge in [0.05, 0.1) is 36.9 Å². The number of carboxylic acid groups (broad SMARTS) is 1. The van der Waals surface area contributed by atoms with E-state index in [4.69, 9.17) is 9.47 Å². The van der Waals surface area contributed by atoms with Crippen LogP contribution in [-0.2, 0) is 25.6 Å². The summed E-state index contributed by atoms with van der Waals surface area (Å²) in [6, 6.07) is 6.48. The van der Waals surface area contributed by atoms with Gasteiger partial charge < -0.3 is 25.0 Å². The van der Waals surface area contributed by atoms with Crippen molar-refractivity contribution >= 4 is 29.8 Å². The van der Waals surface area contributed by atoms with Crippen LogP contribution in [0.1, 0.15) is 73.3 Å². The molecule has 1 aliphatic rings. The van der Waals surface area contributed by atoms with Gasteiger partial charge >= 0.3 is 18.2 Å². The Balaban J connectivity index is 2.24. The number of aliphatic hydroxyl groups excluding tert-OH is 1. The lowest BCUT2D eigenvalue weighted by Crippen LogP contribution is -2.50. The number of nitrogens with one attached hydrogen (secondary N) is 1. The predicted molar refractivity (Wildman–Crippen MR) is 145 cm³/mol. The maximum atomic E-state index is 13.6. The number of anilines is 1. The van der Waals surface area contributed by atoms with Crippen molar-refractivity contribution in [3.63, 3.8) is 0 Å². The van der Waals surface area contributed by atoms with Gasteiger partial charge in [0.25, 0.3) is 0 Å². The van der Waals surface area contributed by atoms with Crippen LogP contribution in [0, 0.1) is 11.3 Å². The molecule has 11 nitrogen and oxygen atoms in total. The third-order valence-electron chi connectivity index (χ3n) is 6.37. The minimum Gasteiger partial charge on any atom is -0.481 e. The SMILES string of the molecule is CCOC(=O)N1Cc2ccccc2N(C(=O)CC(C)(C)C[C@H](NC(=O)OC(C)(C)C)[C@@H](O)C[C@@H](C)C(=O)O)C1. The van der Waals surface area contributed by atoms with Gasteiger partial charge in [-0.2, -0.15) is 0 Å². The minimum absolute atomic E-state index is 0.0309. The van der Waals surface area contributed by atoms with E-state index in [1.807, 2.05) is 38.1 Å². The number of amides is 3. The first-order chi connectivity index (χ1) is 18.0. The van der Waals surface area contributed by atoms with E-state index in [1.165, 1.54) is 16.7 Å². The van der Waals surface area contributed by atoms with Gasteiger partial charge in [0.15, 0.2) is 0 Å². The highest BCUT2D eigenvalue weighted by Gasteiger charge is 2.37. The number of fused-ring (bicyclic) bond motifs is 1. The highest BCUT2D eigenvalue weighted by molar-refractivity contribution is 5.95. The van der Waals surface area contributed by atoms with E-state index in [9.17, 15) is 29.4 Å². The fourth-order valence-corrected chi connectivity index (χ4v) is 4.50. The maximum absolute atomic E-state index is 13.6. The van der Waals surface area contributed by atoms with Gasteiger partial charge in [-0.05, 0) is 57.6 Å². The number of carboxylic acids is 1. The number of para-hydroxylation sites is 1. The molecule has 0 saturated heterocycles. The summed E-state index contributed by atoms with van der Waals surface area (Å²) >= 11 is 0. The van der Waals surface area contributed by atoms with Gasteiger partial charge in [-0.15, -0.1) is 0 Å². The summed E-state index contributed by atoms with van der Waals surface area (Å²) in [5.74, 6) is -2.15. The van der Waals surface area contributed by atoms with Crippen molar-refractivity contribution in [3.8, 4) is 0 Å². The number of alkyl carbamates (subject to hydrolysis) is 1. The van der Waals surface area contributed by atoms with E-state index in [-0.39, 0.29) is 38.4 Å². The Morgan fingerprint density at radius 2 is 1.74 bits per heavy atom. The Kier molecular flexibility index (Phi) is 10.7. The Hall–Kier alpha value is -3.34. The van der Waals surface area contributed by atoms with Gasteiger partial charge in [-0.3, -0.25) is 19.4 Å². The van der Waals surface area contributed by atoms with E-state index in [0.717, 1.165) is 5.56 Å². The molecular formula is C28H43N3O8. The first-order valence-corrected chi connectivity index (χ1v) is 13.2. The fraction of sp³-hybridized carbons (Fsp3) is 0.643. The molecule has 0 unspecified atom stereocenters. The summed E-state index contributed by atoms with van der Waals surface area (Å²) < 4.78 is 10.5. The molecule has 0 aromatic heterocycles. The van der Waals surface area contributed by atoms with E-state index in [0.29, 0.717) is 12.2 Å². The van der Waals surface area contributed by atoms with E-state index < -0.39 is 47.2 Å². The number of rotatable bonds is 10. The first kappa shape index (κ1) is 31.9. The second-order valence-corrected chi connectivity index (χ2v) is 11.8. The zero-order chi connectivity index (χ0) is 29.5. The van der Waals surface area contributed by atoms with Crippen LogP contribution < -0.4 is 10.2 Å². The second kappa shape index (κ2) is 13.1. The molecule has 0 saturated carbocycles. The standard InChI is InChI=1S/C28H43N3O8/c1-8-38-26(37)30-16-19-11-9-10-12-21(19)31(17-30)23(33)15-28(6,7)14-20(22(32)13-18(2)24(34)35)29-25(36)39-27(3,4)5/h9-12,18,20,22,32H,8,13-17H2,1-7H3,(H,29,36)(H,34,35)/t18-,20+,22+/m1/s1. The number of benzene rings is 1. The summed E-state index contributed by atoms with van der Waals surface area (Å²) in [5, 5.41) is 22.9. The number of carbonyl (C=O) groups is 4. The van der Waals surface area contributed by atoms with Crippen molar-refractivity contribution in [2.24, 2.45) is 11.3 Å². The summed E-state index contributed by atoms with van der Waals surface area (Å²) in [6.07, 6.45) is -2.33. The number of ether oxygens (including phenoxy) is 2. The monoisotopic (exact) mass is 549 g/mol. The Bertz CT molecular complexity index is 1040. The minimum atomic E-state index is -1.19. The molecule has 3 atom stereocenters. The van der Waals surface area contributed by atoms with Crippen molar-refractivity contribution in [1.82, 2.24) is 10.2 Å². The van der Waals surface area contributed by atoms with Crippen LogP contribution in [0.5, 0.6) is 0 Å². The molecule has 218 valence electrons. The number of aliphatic hydroxyl groups is 1.